The summed E-state index contributed by atoms with van der Waals surface area (Å²) in [5.41, 5.74) is 7.51. The monoisotopic (exact) mass is 531 g/mol. The van der Waals surface area contributed by atoms with Gasteiger partial charge >= 0.3 is 6.09 Å². The lowest BCUT2D eigenvalue weighted by molar-refractivity contribution is -0.0578. The van der Waals surface area contributed by atoms with Gasteiger partial charge in [0.1, 0.15) is 11.5 Å². The van der Waals surface area contributed by atoms with E-state index in [-0.39, 0.29) is 18.4 Å². The van der Waals surface area contributed by atoms with Crippen LogP contribution < -0.4 is 15.8 Å². The number of aliphatic hydroxyl groups is 1. The third-order valence-electron chi connectivity index (χ3n) is 7.50. The smallest absolute Gasteiger partial charge is 0.404 e. The summed E-state index contributed by atoms with van der Waals surface area (Å²) < 4.78 is 6.33. The average molecular weight is 532 g/mol. The van der Waals surface area contributed by atoms with Crippen molar-refractivity contribution in [1.29, 1.82) is 0 Å². The molecule has 2 atom stereocenters. The second-order valence-electron chi connectivity index (χ2n) is 10.1. The number of amides is 2. The summed E-state index contributed by atoms with van der Waals surface area (Å²) in [7, 11) is 0. The number of aryl methyl sites for hydroxylation is 1. The topological polar surface area (TPSA) is 125 Å². The van der Waals surface area contributed by atoms with Crippen molar-refractivity contribution in [2.24, 2.45) is 11.7 Å². The minimum Gasteiger partial charge on any atom is -0.465 e. The predicted octanol–water partition coefficient (Wildman–Crippen LogP) is 5.03. The number of hydrogen-bond donors (Lipinski definition) is 4. The van der Waals surface area contributed by atoms with Gasteiger partial charge in [-0.15, -0.1) is 0 Å². The van der Waals surface area contributed by atoms with Gasteiger partial charge < -0.3 is 30.9 Å². The van der Waals surface area contributed by atoms with E-state index in [0.717, 1.165) is 24.0 Å². The molecule has 2 amide bonds. The fourth-order valence-electron chi connectivity index (χ4n) is 5.33. The normalized spacial score (nSPS) is 16.8. The zero-order valence-electron chi connectivity index (χ0n) is 22.3. The number of nitrogens with one attached hydrogen (secondary N) is 1. The van der Waals surface area contributed by atoms with Crippen LogP contribution in [0, 0.1) is 12.8 Å². The van der Waals surface area contributed by atoms with Gasteiger partial charge in [0.25, 0.3) is 5.91 Å². The average Bonchev–Trinajstić information content (AvgIpc) is 2.96. The van der Waals surface area contributed by atoms with Crippen LogP contribution in [0.2, 0.25) is 0 Å². The first-order chi connectivity index (χ1) is 18.8. The number of hydrogen-bond acceptors (Lipinski definition) is 5. The van der Waals surface area contributed by atoms with Crippen LogP contribution in [-0.4, -0.2) is 46.7 Å². The Balaban J connectivity index is 1.63. The van der Waals surface area contributed by atoms with E-state index in [1.165, 1.54) is 0 Å². The lowest BCUT2D eigenvalue weighted by Crippen LogP contribution is -2.48. The third-order valence-corrected chi connectivity index (χ3v) is 7.50. The fraction of sp³-hybridized carbons (Fsp3) is 0.355. The number of ether oxygens (including phenoxy) is 1. The highest BCUT2D eigenvalue weighted by molar-refractivity contribution is 5.94. The molecule has 1 heterocycles. The predicted molar refractivity (Wildman–Crippen MR) is 150 cm³/mol. The zero-order valence-corrected chi connectivity index (χ0v) is 22.3. The van der Waals surface area contributed by atoms with Gasteiger partial charge in [-0.05, 0) is 68.0 Å². The number of carbonyl (C=O) groups is 2. The summed E-state index contributed by atoms with van der Waals surface area (Å²) >= 11 is 0. The first-order valence-electron chi connectivity index (χ1n) is 13.4. The van der Waals surface area contributed by atoms with Gasteiger partial charge in [0.05, 0.1) is 5.60 Å². The summed E-state index contributed by atoms with van der Waals surface area (Å²) in [6, 6.07) is 22.4. The first-order valence-corrected chi connectivity index (χ1v) is 13.4. The van der Waals surface area contributed by atoms with Crippen LogP contribution in [0.3, 0.4) is 0 Å². The number of nitrogens with two attached hydrogens (primary N) is 1. The molecule has 0 aromatic heterocycles. The Labute approximate surface area is 229 Å². The summed E-state index contributed by atoms with van der Waals surface area (Å²) in [5, 5.41) is 23.9. The lowest BCUT2D eigenvalue weighted by Gasteiger charge is -2.43. The maximum atomic E-state index is 13.4. The Bertz CT molecular complexity index is 1280. The summed E-state index contributed by atoms with van der Waals surface area (Å²) in [4.78, 5) is 26.2. The number of piperidine rings is 1. The van der Waals surface area contributed by atoms with Crippen molar-refractivity contribution in [2.45, 2.75) is 44.8 Å². The number of benzene rings is 3. The molecule has 8 heteroatoms. The minimum absolute atomic E-state index is 0.0809. The minimum atomic E-state index is -1.35. The van der Waals surface area contributed by atoms with E-state index in [4.69, 9.17) is 15.6 Å². The molecule has 8 nitrogen and oxygen atoms in total. The van der Waals surface area contributed by atoms with E-state index in [0.29, 0.717) is 55.1 Å². The quantitative estimate of drug-likeness (QED) is 0.272. The SMILES string of the molecule is Cc1ccccc1Oc1ccccc1C(O)(CCCNC(=O)O)C1CCCN(C(=O)c2ccc(CN)cc2)C1. The second kappa shape index (κ2) is 12.8. The highest BCUT2D eigenvalue weighted by Gasteiger charge is 2.43. The van der Waals surface area contributed by atoms with Crippen LogP contribution in [0.1, 0.15) is 52.7 Å². The molecule has 39 heavy (non-hydrogen) atoms. The first kappa shape index (κ1) is 28.1. The van der Waals surface area contributed by atoms with E-state index in [2.05, 4.69) is 5.32 Å². The molecule has 5 N–H and O–H groups in total. The van der Waals surface area contributed by atoms with E-state index < -0.39 is 11.7 Å². The van der Waals surface area contributed by atoms with E-state index >= 15 is 0 Å². The van der Waals surface area contributed by atoms with Gasteiger partial charge in [0.15, 0.2) is 0 Å². The van der Waals surface area contributed by atoms with Crippen LogP contribution in [0.15, 0.2) is 72.8 Å². The number of rotatable bonds is 10. The molecular formula is C31H37N3O5. The summed E-state index contributed by atoms with van der Waals surface area (Å²) in [6.45, 7) is 3.56. The van der Waals surface area contributed by atoms with E-state index in [1.54, 1.807) is 17.0 Å². The molecule has 0 radical (unpaired) electrons. The second-order valence-corrected chi connectivity index (χ2v) is 10.1. The number of likely N-dealkylation sites (tertiary alicyclic amines) is 1. The van der Waals surface area contributed by atoms with Gasteiger partial charge in [0, 0.05) is 43.2 Å². The maximum Gasteiger partial charge on any atom is 0.404 e. The Kier molecular flexibility index (Phi) is 9.22. The van der Waals surface area contributed by atoms with Crippen molar-refractivity contribution in [3.05, 3.63) is 95.1 Å². The molecule has 3 aromatic carbocycles. The van der Waals surface area contributed by atoms with Gasteiger partial charge in [-0.2, -0.15) is 0 Å². The molecule has 0 aliphatic carbocycles. The van der Waals surface area contributed by atoms with Crippen LogP contribution in [-0.2, 0) is 12.1 Å². The third kappa shape index (κ3) is 6.77. The summed E-state index contributed by atoms with van der Waals surface area (Å²) in [6.07, 6.45) is 1.09. The molecule has 0 saturated carbocycles. The number of nitrogens with zero attached hydrogens (tertiary/aromatic N) is 1. The van der Waals surface area contributed by atoms with Gasteiger partial charge in [0.2, 0.25) is 0 Å². The summed E-state index contributed by atoms with van der Waals surface area (Å²) in [5.74, 6) is 0.884. The molecule has 1 aliphatic rings. The molecule has 2 unspecified atom stereocenters. The largest absolute Gasteiger partial charge is 0.465 e. The Hall–Kier alpha value is -3.88. The molecular weight excluding hydrogens is 494 g/mol. The Morgan fingerprint density at radius 1 is 1.05 bits per heavy atom. The number of para-hydroxylation sites is 2. The maximum absolute atomic E-state index is 13.4. The van der Waals surface area contributed by atoms with Crippen molar-refractivity contribution < 1.29 is 24.5 Å². The molecule has 0 bridgehead atoms. The highest BCUT2D eigenvalue weighted by atomic mass is 16.5. The standard InChI is InChI=1S/C31H37N3O5/c1-22-8-2-4-11-27(22)39-28-12-5-3-10-26(28)31(38,17-7-18-33-30(36)37)25-9-6-19-34(21-25)29(35)24-15-13-23(20-32)14-16-24/h2-5,8,10-16,25,33,38H,6-7,9,17-21,32H2,1H3,(H,36,37). The van der Waals surface area contributed by atoms with E-state index in [9.17, 15) is 14.7 Å². The fourth-order valence-corrected chi connectivity index (χ4v) is 5.33. The van der Waals surface area contributed by atoms with E-state index in [1.807, 2.05) is 67.6 Å². The van der Waals surface area contributed by atoms with Crippen molar-refractivity contribution in [3.63, 3.8) is 0 Å². The molecule has 3 aromatic rings. The molecule has 0 spiro atoms. The highest BCUT2D eigenvalue weighted by Crippen LogP contribution is 2.44. The molecule has 1 aliphatic heterocycles. The van der Waals surface area contributed by atoms with Crippen LogP contribution in [0.5, 0.6) is 11.5 Å². The number of carbonyl (C=O) groups excluding carboxylic acids is 1. The molecule has 4 rings (SSSR count). The van der Waals surface area contributed by atoms with Gasteiger partial charge in [-0.25, -0.2) is 4.79 Å². The lowest BCUT2D eigenvalue weighted by atomic mass is 9.74. The van der Waals surface area contributed by atoms with Crippen molar-refractivity contribution >= 4 is 12.0 Å². The van der Waals surface area contributed by atoms with Crippen molar-refractivity contribution in [2.75, 3.05) is 19.6 Å². The molecule has 1 fully saturated rings. The van der Waals surface area contributed by atoms with Crippen LogP contribution in [0.4, 0.5) is 4.79 Å². The Morgan fingerprint density at radius 3 is 2.44 bits per heavy atom. The van der Waals surface area contributed by atoms with Crippen LogP contribution in [0.25, 0.3) is 0 Å². The zero-order chi connectivity index (χ0) is 27.8. The van der Waals surface area contributed by atoms with Crippen molar-refractivity contribution in [3.8, 4) is 11.5 Å². The molecule has 1 saturated heterocycles. The molecule has 206 valence electrons. The van der Waals surface area contributed by atoms with Crippen LogP contribution >= 0.6 is 0 Å². The number of carboxylic acid groups (broad SMARTS) is 1. The Morgan fingerprint density at radius 2 is 1.74 bits per heavy atom. The van der Waals surface area contributed by atoms with Crippen molar-refractivity contribution in [1.82, 2.24) is 10.2 Å². The van der Waals surface area contributed by atoms with Gasteiger partial charge in [-0.1, -0.05) is 48.5 Å². The van der Waals surface area contributed by atoms with Gasteiger partial charge in [-0.3, -0.25) is 4.79 Å².